The number of fused-ring (bicyclic) bond motifs is 1. The van der Waals surface area contributed by atoms with E-state index < -0.39 is 8.32 Å². The van der Waals surface area contributed by atoms with Gasteiger partial charge in [0.2, 0.25) is 0 Å². The highest BCUT2D eigenvalue weighted by molar-refractivity contribution is 6.74. The van der Waals surface area contributed by atoms with Crippen LogP contribution in [0.1, 0.15) is 26.3 Å². The molecule has 1 aliphatic heterocycles. The van der Waals surface area contributed by atoms with Crippen molar-refractivity contribution in [2.45, 2.75) is 63.6 Å². The minimum atomic E-state index is -1.87. The summed E-state index contributed by atoms with van der Waals surface area (Å²) in [7, 11) is -0.201. The van der Waals surface area contributed by atoms with Crippen LogP contribution in [0.2, 0.25) is 18.1 Å². The van der Waals surface area contributed by atoms with Crippen LogP contribution >= 0.6 is 0 Å². The highest BCUT2D eigenvalue weighted by Crippen LogP contribution is 2.43. The maximum absolute atomic E-state index is 12.3. The summed E-state index contributed by atoms with van der Waals surface area (Å²) in [6, 6.07) is 8.20. The number of methoxy groups -OCH3 is 1. The lowest BCUT2D eigenvalue weighted by Gasteiger charge is -2.39. The van der Waals surface area contributed by atoms with Gasteiger partial charge in [-0.1, -0.05) is 39.0 Å². The Morgan fingerprint density at radius 2 is 1.80 bits per heavy atom. The predicted molar refractivity (Wildman–Crippen MR) is 102 cm³/mol. The average Bonchev–Trinajstić information content (AvgIpc) is 3.25. The van der Waals surface area contributed by atoms with Crippen LogP contribution in [0.5, 0.6) is 5.75 Å². The summed E-state index contributed by atoms with van der Waals surface area (Å²) in [5.74, 6) is 1.05. The number of hydrogen-bond acceptors (Lipinski definition) is 4. The zero-order chi connectivity index (χ0) is 18.4. The van der Waals surface area contributed by atoms with E-state index >= 15 is 0 Å². The number of benzene rings is 1. The summed E-state index contributed by atoms with van der Waals surface area (Å²) in [5, 5.41) is 0.160. The molecule has 1 saturated heterocycles. The molecule has 1 fully saturated rings. The molecule has 0 amide bonds. The Labute approximate surface area is 151 Å². The monoisotopic (exact) mass is 359 g/mol. The van der Waals surface area contributed by atoms with E-state index in [9.17, 15) is 4.79 Å². The van der Waals surface area contributed by atoms with Gasteiger partial charge in [-0.3, -0.25) is 9.69 Å². The first-order valence-corrected chi connectivity index (χ1v) is 11.8. The largest absolute Gasteiger partial charge is 0.497 e. The maximum atomic E-state index is 12.3. The molecule has 3 rings (SSSR count). The van der Waals surface area contributed by atoms with Crippen molar-refractivity contribution in [3.05, 3.63) is 42.0 Å². The number of hydrogen-bond donors (Lipinski definition) is 0. The molecule has 0 saturated carbocycles. The van der Waals surface area contributed by atoms with Gasteiger partial charge in [-0.15, -0.1) is 0 Å². The van der Waals surface area contributed by atoms with Gasteiger partial charge in [-0.05, 0) is 41.9 Å². The van der Waals surface area contributed by atoms with Crippen molar-refractivity contribution in [1.29, 1.82) is 0 Å². The average molecular weight is 360 g/mol. The van der Waals surface area contributed by atoms with Crippen LogP contribution in [0.4, 0.5) is 0 Å². The first kappa shape index (κ1) is 18.4. The summed E-state index contributed by atoms with van der Waals surface area (Å²) in [6.45, 7) is 12.0. The Balaban J connectivity index is 1.71. The lowest BCUT2D eigenvalue weighted by Crippen LogP contribution is -2.46. The quantitative estimate of drug-likeness (QED) is 0.592. The molecule has 0 radical (unpaired) electrons. The van der Waals surface area contributed by atoms with Crippen LogP contribution in [0.15, 0.2) is 36.4 Å². The number of ether oxygens (including phenoxy) is 1. The normalized spacial score (nSPS) is 28.6. The molecule has 0 bridgehead atoms. The van der Waals surface area contributed by atoms with Crippen LogP contribution in [0.3, 0.4) is 0 Å². The van der Waals surface area contributed by atoms with Crippen LogP contribution in [0, 0.1) is 0 Å². The van der Waals surface area contributed by atoms with Crippen molar-refractivity contribution in [3.8, 4) is 5.75 Å². The second-order valence-electron chi connectivity index (χ2n) is 8.56. The third-order valence-corrected chi connectivity index (χ3v) is 10.3. The van der Waals surface area contributed by atoms with E-state index in [1.165, 1.54) is 5.56 Å². The van der Waals surface area contributed by atoms with E-state index in [2.05, 4.69) is 50.9 Å². The Bertz CT molecular complexity index is 675. The van der Waals surface area contributed by atoms with Gasteiger partial charge in [-0.2, -0.15) is 0 Å². The summed E-state index contributed by atoms with van der Waals surface area (Å²) in [4.78, 5) is 14.5. The molecule has 0 spiro atoms. The lowest BCUT2D eigenvalue weighted by molar-refractivity contribution is -0.115. The van der Waals surface area contributed by atoms with Crippen LogP contribution in [-0.2, 0) is 15.8 Å². The number of carbonyl (C=O) groups is 1. The third kappa shape index (κ3) is 3.59. The molecule has 1 aromatic rings. The fraction of sp³-hybridized carbons (Fsp3) is 0.550. The lowest BCUT2D eigenvalue weighted by atomic mass is 10.0. The summed E-state index contributed by atoms with van der Waals surface area (Å²) in [5.41, 5.74) is 1.19. The number of ketones is 1. The zero-order valence-corrected chi connectivity index (χ0v) is 17.1. The molecule has 0 aromatic heterocycles. The first-order chi connectivity index (χ1) is 11.6. The van der Waals surface area contributed by atoms with E-state index in [-0.39, 0.29) is 29.0 Å². The third-order valence-electron chi connectivity index (χ3n) is 5.81. The Morgan fingerprint density at radius 1 is 1.16 bits per heavy atom. The molecule has 136 valence electrons. The van der Waals surface area contributed by atoms with E-state index in [1.54, 1.807) is 13.2 Å². The minimum Gasteiger partial charge on any atom is -0.497 e. The molecule has 5 heteroatoms. The van der Waals surface area contributed by atoms with Crippen molar-refractivity contribution in [2.24, 2.45) is 0 Å². The van der Waals surface area contributed by atoms with E-state index in [0.29, 0.717) is 0 Å². The van der Waals surface area contributed by atoms with Gasteiger partial charge in [0, 0.05) is 6.54 Å². The molecular weight excluding hydrogens is 330 g/mol. The molecular formula is C20H29NO3Si. The maximum Gasteiger partial charge on any atom is 0.192 e. The molecule has 2 aliphatic rings. The molecule has 1 unspecified atom stereocenters. The van der Waals surface area contributed by atoms with Crippen molar-refractivity contribution < 1.29 is 14.0 Å². The fourth-order valence-corrected chi connectivity index (χ4v) is 4.42. The fourth-order valence-electron chi connectivity index (χ4n) is 3.17. The molecule has 1 aromatic carbocycles. The topological polar surface area (TPSA) is 38.5 Å². The van der Waals surface area contributed by atoms with Crippen molar-refractivity contribution in [3.63, 3.8) is 0 Å². The molecule has 1 heterocycles. The smallest absolute Gasteiger partial charge is 0.192 e. The van der Waals surface area contributed by atoms with Gasteiger partial charge < -0.3 is 9.16 Å². The number of rotatable bonds is 5. The van der Waals surface area contributed by atoms with Crippen LogP contribution < -0.4 is 4.74 Å². The molecule has 4 atom stereocenters. The summed E-state index contributed by atoms with van der Waals surface area (Å²) >= 11 is 0. The van der Waals surface area contributed by atoms with Crippen LogP contribution in [-0.4, -0.2) is 44.3 Å². The molecule has 1 aliphatic carbocycles. The second-order valence-corrected chi connectivity index (χ2v) is 13.3. The van der Waals surface area contributed by atoms with Crippen molar-refractivity contribution >= 4 is 14.1 Å². The van der Waals surface area contributed by atoms with Gasteiger partial charge in [0.25, 0.3) is 0 Å². The molecule has 0 N–H and O–H groups in total. The molecule has 25 heavy (non-hydrogen) atoms. The van der Waals surface area contributed by atoms with Gasteiger partial charge in [0.05, 0.1) is 25.3 Å². The standard InChI is InChI=1S/C20H29NO3Si/c1-20(2,3)25(5,6)24-17-12-11-16(22)18-19(17)21(18)13-14-7-9-15(23-4)10-8-14/h7-12,17-19H,13H2,1-6H3/t17-,18-,19+,21?/m1/s1. The highest BCUT2D eigenvalue weighted by Gasteiger charge is 2.58. The van der Waals surface area contributed by atoms with E-state index in [1.807, 2.05) is 18.2 Å². The Hall–Kier alpha value is -1.43. The predicted octanol–water partition coefficient (Wildman–Crippen LogP) is 3.78. The minimum absolute atomic E-state index is 0.0156. The second kappa shape index (κ2) is 6.38. The van der Waals surface area contributed by atoms with Gasteiger partial charge in [-0.25, -0.2) is 0 Å². The molecule has 4 nitrogen and oxygen atoms in total. The van der Waals surface area contributed by atoms with Gasteiger partial charge in [0.15, 0.2) is 14.1 Å². The Morgan fingerprint density at radius 3 is 2.36 bits per heavy atom. The SMILES string of the molecule is COc1ccc(CN2[C@@H]3[C@H]2C(=O)C=C[C@H]3O[Si](C)(C)C(C)(C)C)cc1. The van der Waals surface area contributed by atoms with Crippen molar-refractivity contribution in [2.75, 3.05) is 7.11 Å². The van der Waals surface area contributed by atoms with Crippen molar-refractivity contribution in [1.82, 2.24) is 4.90 Å². The van der Waals surface area contributed by atoms with E-state index in [0.717, 1.165) is 12.3 Å². The van der Waals surface area contributed by atoms with E-state index in [4.69, 9.17) is 9.16 Å². The van der Waals surface area contributed by atoms with Gasteiger partial charge >= 0.3 is 0 Å². The Kier molecular flexibility index (Phi) is 4.68. The number of carbonyl (C=O) groups excluding carboxylic acids is 1. The van der Waals surface area contributed by atoms with Crippen LogP contribution in [0.25, 0.3) is 0 Å². The summed E-state index contributed by atoms with van der Waals surface area (Å²) in [6.07, 6.45) is 3.70. The summed E-state index contributed by atoms with van der Waals surface area (Å²) < 4.78 is 11.8. The zero-order valence-electron chi connectivity index (χ0n) is 16.1. The highest BCUT2D eigenvalue weighted by atomic mass is 28.4. The first-order valence-electron chi connectivity index (χ1n) is 8.92. The number of nitrogens with zero attached hydrogens (tertiary/aromatic N) is 1. The van der Waals surface area contributed by atoms with Gasteiger partial charge in [0.1, 0.15) is 5.75 Å².